The van der Waals surface area contributed by atoms with Gasteiger partial charge in [0.2, 0.25) is 0 Å². The summed E-state index contributed by atoms with van der Waals surface area (Å²) in [4.78, 5) is 0. The Balaban J connectivity index is 2.00. The Morgan fingerprint density at radius 2 is 2.41 bits per heavy atom. The van der Waals surface area contributed by atoms with Crippen LogP contribution >= 0.6 is 0 Å². The van der Waals surface area contributed by atoms with E-state index in [2.05, 4.69) is 18.0 Å². The topological polar surface area (TPSA) is 30.5 Å². The first-order valence-electron chi connectivity index (χ1n) is 5.92. The van der Waals surface area contributed by atoms with Gasteiger partial charge in [0.15, 0.2) is 0 Å². The number of rotatable bonds is 5. The molecule has 2 rings (SSSR count). The van der Waals surface area contributed by atoms with E-state index in [1.165, 1.54) is 5.56 Å². The van der Waals surface area contributed by atoms with Crippen LogP contribution in [-0.2, 0) is 0 Å². The molecule has 1 N–H and O–H groups in total. The second-order valence-corrected chi connectivity index (χ2v) is 4.41. The largest absolute Gasteiger partial charge is 0.493 e. The highest BCUT2D eigenvalue weighted by Gasteiger charge is 2.22. The van der Waals surface area contributed by atoms with E-state index in [4.69, 9.17) is 9.47 Å². The number of fused-ring (bicyclic) bond motifs is 1. The second kappa shape index (κ2) is 5.23. The molecule has 1 unspecified atom stereocenters. The van der Waals surface area contributed by atoms with Crippen LogP contribution in [0.1, 0.15) is 24.9 Å². The summed E-state index contributed by atoms with van der Waals surface area (Å²) in [7, 11) is 1.94. The molecule has 0 amide bonds. The van der Waals surface area contributed by atoms with E-state index in [9.17, 15) is 0 Å². The summed E-state index contributed by atoms with van der Waals surface area (Å²) in [5.41, 5.74) is 2.34. The summed E-state index contributed by atoms with van der Waals surface area (Å²) >= 11 is 0. The number of ether oxygens (including phenoxy) is 2. The minimum atomic E-state index is 0.300. The van der Waals surface area contributed by atoms with Crippen LogP contribution in [0.2, 0.25) is 0 Å². The molecule has 0 bridgehead atoms. The quantitative estimate of drug-likeness (QED) is 0.793. The van der Waals surface area contributed by atoms with Crippen molar-refractivity contribution in [3.63, 3.8) is 0 Å². The highest BCUT2D eigenvalue weighted by Crippen LogP contribution is 2.34. The molecule has 0 saturated carbocycles. The van der Waals surface area contributed by atoms with Crippen LogP contribution in [0.15, 0.2) is 30.4 Å². The molecule has 1 aromatic rings. The van der Waals surface area contributed by atoms with Crippen LogP contribution in [0.3, 0.4) is 0 Å². The zero-order valence-electron chi connectivity index (χ0n) is 10.5. The summed E-state index contributed by atoms with van der Waals surface area (Å²) < 4.78 is 11.3. The maximum atomic E-state index is 5.65. The van der Waals surface area contributed by atoms with E-state index in [0.717, 1.165) is 23.5 Å². The molecule has 0 aliphatic carbocycles. The molecule has 3 heteroatoms. The third-order valence-corrected chi connectivity index (χ3v) is 2.91. The molecule has 0 aromatic heterocycles. The third kappa shape index (κ3) is 2.80. The smallest absolute Gasteiger partial charge is 0.127 e. The van der Waals surface area contributed by atoms with Crippen molar-refractivity contribution in [3.05, 3.63) is 35.9 Å². The summed E-state index contributed by atoms with van der Waals surface area (Å²) in [5.74, 6) is 1.79. The number of hydrogen-bond acceptors (Lipinski definition) is 3. The van der Waals surface area contributed by atoms with E-state index < -0.39 is 0 Å². The molecular weight excluding hydrogens is 214 g/mol. The molecular formula is C14H19NO2. The lowest BCUT2D eigenvalue weighted by molar-refractivity contribution is 0.308. The first-order chi connectivity index (χ1) is 8.20. The second-order valence-electron chi connectivity index (χ2n) is 4.41. The predicted octanol–water partition coefficient (Wildman–Crippen LogP) is 2.68. The van der Waals surface area contributed by atoms with Crippen LogP contribution in [0.25, 0.3) is 0 Å². The van der Waals surface area contributed by atoms with Crippen molar-refractivity contribution in [3.8, 4) is 11.5 Å². The molecule has 0 radical (unpaired) electrons. The Hall–Kier alpha value is -1.48. The van der Waals surface area contributed by atoms with Gasteiger partial charge in [-0.25, -0.2) is 0 Å². The predicted molar refractivity (Wildman–Crippen MR) is 68.7 cm³/mol. The minimum Gasteiger partial charge on any atom is -0.493 e. The van der Waals surface area contributed by atoms with Gasteiger partial charge in [0.1, 0.15) is 18.1 Å². The Bertz CT molecular complexity index is 415. The maximum Gasteiger partial charge on any atom is 0.127 e. The molecule has 92 valence electrons. The number of benzene rings is 1. The third-order valence-electron chi connectivity index (χ3n) is 2.91. The summed E-state index contributed by atoms with van der Waals surface area (Å²) in [6.07, 6.45) is 0.886. The van der Waals surface area contributed by atoms with Crippen molar-refractivity contribution in [1.82, 2.24) is 5.32 Å². The highest BCUT2D eigenvalue weighted by molar-refractivity contribution is 5.44. The lowest BCUT2D eigenvalue weighted by Crippen LogP contribution is -2.17. The van der Waals surface area contributed by atoms with Gasteiger partial charge in [0, 0.05) is 18.1 Å². The van der Waals surface area contributed by atoms with Gasteiger partial charge >= 0.3 is 0 Å². The van der Waals surface area contributed by atoms with Gasteiger partial charge in [-0.1, -0.05) is 5.57 Å². The fourth-order valence-electron chi connectivity index (χ4n) is 1.86. The molecule has 1 aromatic carbocycles. The van der Waals surface area contributed by atoms with Gasteiger partial charge in [-0.2, -0.15) is 0 Å². The molecule has 0 saturated heterocycles. The van der Waals surface area contributed by atoms with Gasteiger partial charge < -0.3 is 14.8 Å². The monoisotopic (exact) mass is 233 g/mol. The van der Waals surface area contributed by atoms with Crippen molar-refractivity contribution in [2.75, 3.05) is 20.3 Å². The van der Waals surface area contributed by atoms with Crippen molar-refractivity contribution < 1.29 is 9.47 Å². The first-order valence-corrected chi connectivity index (χ1v) is 5.92. The van der Waals surface area contributed by atoms with E-state index in [0.29, 0.717) is 19.3 Å². The van der Waals surface area contributed by atoms with Gasteiger partial charge in [-0.05, 0) is 26.1 Å². The fourth-order valence-corrected chi connectivity index (χ4v) is 1.86. The summed E-state index contributed by atoms with van der Waals surface area (Å²) in [6, 6.07) is 6.33. The van der Waals surface area contributed by atoms with Crippen molar-refractivity contribution in [2.24, 2.45) is 0 Å². The van der Waals surface area contributed by atoms with E-state index in [1.54, 1.807) is 0 Å². The van der Waals surface area contributed by atoms with Crippen LogP contribution in [0.4, 0.5) is 0 Å². The lowest BCUT2D eigenvalue weighted by Gasteiger charge is -2.09. The standard InChI is InChI=1S/C14H19NO2/c1-10(2)6-7-16-11-4-5-12-13(15-3)9-17-14(12)8-11/h4-5,8,13,15H,1,6-7,9H2,2-3H3. The Morgan fingerprint density at radius 3 is 3.12 bits per heavy atom. The van der Waals surface area contributed by atoms with Crippen molar-refractivity contribution in [2.45, 2.75) is 19.4 Å². The Kier molecular flexibility index (Phi) is 3.69. The molecule has 0 fully saturated rings. The van der Waals surface area contributed by atoms with E-state index in [-0.39, 0.29) is 0 Å². The van der Waals surface area contributed by atoms with Gasteiger partial charge in [-0.15, -0.1) is 6.58 Å². The van der Waals surface area contributed by atoms with Crippen LogP contribution in [0, 0.1) is 0 Å². The fraction of sp³-hybridized carbons (Fsp3) is 0.429. The SMILES string of the molecule is C=C(C)CCOc1ccc2c(c1)OCC2NC. The molecule has 3 nitrogen and oxygen atoms in total. The van der Waals surface area contributed by atoms with Crippen molar-refractivity contribution >= 4 is 0 Å². The number of hydrogen-bond donors (Lipinski definition) is 1. The van der Waals surface area contributed by atoms with Gasteiger partial charge in [0.25, 0.3) is 0 Å². The van der Waals surface area contributed by atoms with E-state index >= 15 is 0 Å². The molecule has 1 heterocycles. The van der Waals surface area contributed by atoms with Crippen molar-refractivity contribution in [1.29, 1.82) is 0 Å². The van der Waals surface area contributed by atoms with Gasteiger partial charge in [0.05, 0.1) is 12.6 Å². The molecule has 1 aliphatic heterocycles. The average Bonchev–Trinajstić information content (AvgIpc) is 2.70. The Morgan fingerprint density at radius 1 is 1.59 bits per heavy atom. The zero-order valence-corrected chi connectivity index (χ0v) is 10.5. The normalized spacial score (nSPS) is 17.4. The molecule has 17 heavy (non-hydrogen) atoms. The molecule has 0 spiro atoms. The molecule has 1 aliphatic rings. The first kappa shape index (κ1) is 12.0. The zero-order chi connectivity index (χ0) is 12.3. The van der Waals surface area contributed by atoms with Crippen LogP contribution in [-0.4, -0.2) is 20.3 Å². The number of nitrogens with one attached hydrogen (secondary N) is 1. The average molecular weight is 233 g/mol. The van der Waals surface area contributed by atoms with E-state index in [1.807, 2.05) is 26.1 Å². The maximum absolute atomic E-state index is 5.65. The highest BCUT2D eigenvalue weighted by atomic mass is 16.5. The van der Waals surface area contributed by atoms with Crippen LogP contribution < -0.4 is 14.8 Å². The molecule has 1 atom stereocenters. The van der Waals surface area contributed by atoms with Gasteiger partial charge in [-0.3, -0.25) is 0 Å². The van der Waals surface area contributed by atoms with Crippen LogP contribution in [0.5, 0.6) is 11.5 Å². The minimum absolute atomic E-state index is 0.300. The Labute approximate surface area is 102 Å². The summed E-state index contributed by atoms with van der Waals surface area (Å²) in [5, 5.41) is 3.22. The number of likely N-dealkylation sites (N-methyl/N-ethyl adjacent to an activating group) is 1. The summed E-state index contributed by atoms with van der Waals surface area (Å²) in [6.45, 7) is 7.22. The lowest BCUT2D eigenvalue weighted by atomic mass is 10.1.